The number of phenolic OH excluding ortho intramolecular Hbond substituents is 1. The van der Waals surface area contributed by atoms with Gasteiger partial charge < -0.3 is 19.9 Å². The van der Waals surface area contributed by atoms with E-state index in [9.17, 15) is 23.1 Å². The number of rotatable bonds is 6. The number of anilines is 1. The predicted molar refractivity (Wildman–Crippen MR) is 106 cm³/mol. The SMILES string of the molecule is CCOC(=O)C(=O)Nc1cc(C)c(Oc2ccc(O)c(S(=O)(=O)NC)c2)c(C)c1. The van der Waals surface area contributed by atoms with Crippen LogP contribution in [0.4, 0.5) is 5.69 Å². The van der Waals surface area contributed by atoms with E-state index >= 15 is 0 Å². The largest absolute Gasteiger partial charge is 0.507 e. The van der Waals surface area contributed by atoms with Crippen LogP contribution in [0, 0.1) is 13.8 Å². The highest BCUT2D eigenvalue weighted by Gasteiger charge is 2.19. The van der Waals surface area contributed by atoms with Crippen LogP contribution in [-0.4, -0.2) is 39.1 Å². The Labute approximate surface area is 168 Å². The summed E-state index contributed by atoms with van der Waals surface area (Å²) in [6.07, 6.45) is 0. The topological polar surface area (TPSA) is 131 Å². The highest BCUT2D eigenvalue weighted by Crippen LogP contribution is 2.34. The molecule has 3 N–H and O–H groups in total. The van der Waals surface area contributed by atoms with E-state index in [0.29, 0.717) is 22.6 Å². The summed E-state index contributed by atoms with van der Waals surface area (Å²) in [7, 11) is -2.63. The van der Waals surface area contributed by atoms with Gasteiger partial charge in [0.05, 0.1) is 6.61 Å². The predicted octanol–water partition coefficient (Wildman–Crippen LogP) is 2.21. The van der Waals surface area contributed by atoms with Crippen LogP contribution in [0.1, 0.15) is 18.1 Å². The van der Waals surface area contributed by atoms with Gasteiger partial charge in [0, 0.05) is 11.8 Å². The van der Waals surface area contributed by atoms with Gasteiger partial charge in [-0.15, -0.1) is 0 Å². The number of nitrogens with one attached hydrogen (secondary N) is 2. The summed E-state index contributed by atoms with van der Waals surface area (Å²) < 4.78 is 36.6. The van der Waals surface area contributed by atoms with Gasteiger partial charge in [0.1, 0.15) is 22.1 Å². The van der Waals surface area contributed by atoms with Gasteiger partial charge in [0.2, 0.25) is 10.0 Å². The molecule has 2 aromatic rings. The van der Waals surface area contributed by atoms with Gasteiger partial charge in [0.15, 0.2) is 0 Å². The van der Waals surface area contributed by atoms with E-state index in [4.69, 9.17) is 4.74 Å². The second-order valence-corrected chi connectivity index (χ2v) is 7.91. The van der Waals surface area contributed by atoms with Crippen molar-refractivity contribution in [3.8, 4) is 17.2 Å². The van der Waals surface area contributed by atoms with Gasteiger partial charge in [0.25, 0.3) is 0 Å². The van der Waals surface area contributed by atoms with Crippen LogP contribution >= 0.6 is 0 Å². The minimum absolute atomic E-state index is 0.0922. The first-order chi connectivity index (χ1) is 13.6. The first kappa shape index (κ1) is 22.2. The van der Waals surface area contributed by atoms with E-state index in [1.54, 1.807) is 32.9 Å². The zero-order valence-electron chi connectivity index (χ0n) is 16.4. The molecule has 29 heavy (non-hydrogen) atoms. The molecule has 156 valence electrons. The highest BCUT2D eigenvalue weighted by molar-refractivity contribution is 7.89. The molecule has 0 saturated heterocycles. The van der Waals surface area contributed by atoms with Crippen molar-refractivity contribution in [2.75, 3.05) is 19.0 Å². The fourth-order valence-electron chi connectivity index (χ4n) is 2.56. The number of aromatic hydroxyl groups is 1. The molecule has 0 unspecified atom stereocenters. The first-order valence-electron chi connectivity index (χ1n) is 8.62. The van der Waals surface area contributed by atoms with Gasteiger partial charge in [-0.2, -0.15) is 0 Å². The Morgan fingerprint density at radius 1 is 1.10 bits per heavy atom. The quantitative estimate of drug-likeness (QED) is 0.480. The molecule has 0 saturated carbocycles. The smallest absolute Gasteiger partial charge is 0.397 e. The van der Waals surface area contributed by atoms with Gasteiger partial charge in [-0.3, -0.25) is 4.79 Å². The van der Waals surface area contributed by atoms with E-state index in [1.165, 1.54) is 25.2 Å². The summed E-state index contributed by atoms with van der Waals surface area (Å²) in [5.74, 6) is -1.63. The van der Waals surface area contributed by atoms with Crippen LogP contribution in [0.2, 0.25) is 0 Å². The number of ether oxygens (including phenoxy) is 2. The third-order valence-corrected chi connectivity index (χ3v) is 5.33. The molecule has 0 aliphatic carbocycles. The average Bonchev–Trinajstić information content (AvgIpc) is 2.66. The highest BCUT2D eigenvalue weighted by atomic mass is 32.2. The van der Waals surface area contributed by atoms with Gasteiger partial charge >= 0.3 is 11.9 Å². The summed E-state index contributed by atoms with van der Waals surface area (Å²) in [5, 5.41) is 12.3. The zero-order valence-corrected chi connectivity index (χ0v) is 17.2. The lowest BCUT2D eigenvalue weighted by molar-refractivity contribution is -0.152. The van der Waals surface area contributed by atoms with Crippen LogP contribution < -0.4 is 14.8 Å². The van der Waals surface area contributed by atoms with Crippen molar-refractivity contribution in [3.05, 3.63) is 41.5 Å². The molecule has 0 aromatic heterocycles. The van der Waals surface area contributed by atoms with E-state index in [0.717, 1.165) is 0 Å². The average molecular weight is 422 g/mol. The number of amides is 1. The maximum absolute atomic E-state index is 12.0. The van der Waals surface area contributed by atoms with Gasteiger partial charge in [-0.25, -0.2) is 17.9 Å². The Kier molecular flexibility index (Phi) is 6.83. The zero-order chi connectivity index (χ0) is 21.8. The third-order valence-electron chi connectivity index (χ3n) is 3.89. The molecular formula is C19H22N2O7S. The minimum atomic E-state index is -3.87. The van der Waals surface area contributed by atoms with Crippen molar-refractivity contribution in [1.29, 1.82) is 0 Å². The Hall–Kier alpha value is -3.11. The molecule has 0 atom stereocenters. The van der Waals surface area contributed by atoms with Crippen molar-refractivity contribution in [3.63, 3.8) is 0 Å². The maximum atomic E-state index is 12.0. The van der Waals surface area contributed by atoms with Crippen molar-refractivity contribution < 1.29 is 32.6 Å². The number of carbonyl (C=O) groups excluding carboxylic acids is 2. The number of phenols is 1. The molecule has 0 spiro atoms. The normalized spacial score (nSPS) is 11.0. The van der Waals surface area contributed by atoms with Crippen molar-refractivity contribution in [2.24, 2.45) is 0 Å². The lowest BCUT2D eigenvalue weighted by Crippen LogP contribution is -2.25. The van der Waals surface area contributed by atoms with Crippen LogP contribution in [0.15, 0.2) is 35.2 Å². The molecule has 0 fully saturated rings. The summed E-state index contributed by atoms with van der Waals surface area (Å²) in [4.78, 5) is 22.9. The summed E-state index contributed by atoms with van der Waals surface area (Å²) in [6.45, 7) is 5.15. The number of carbonyl (C=O) groups is 2. The number of sulfonamides is 1. The fourth-order valence-corrected chi connectivity index (χ4v) is 3.40. The number of hydrogen-bond donors (Lipinski definition) is 3. The first-order valence-corrected chi connectivity index (χ1v) is 10.1. The Bertz CT molecular complexity index is 1030. The number of benzene rings is 2. The standard InChI is InChI=1S/C19H22N2O7S/c1-5-27-19(24)18(23)21-13-8-11(2)17(12(3)9-13)28-14-6-7-15(22)16(10-14)29(25,26)20-4/h6-10,20,22H,5H2,1-4H3,(H,21,23). The third kappa shape index (κ3) is 5.24. The van der Waals surface area contributed by atoms with E-state index < -0.39 is 27.6 Å². The van der Waals surface area contributed by atoms with Crippen LogP contribution in [0.25, 0.3) is 0 Å². The lowest BCUT2D eigenvalue weighted by atomic mass is 10.1. The summed E-state index contributed by atoms with van der Waals surface area (Å²) in [5.41, 5.74) is 1.65. The molecule has 2 rings (SSSR count). The molecule has 0 bridgehead atoms. The van der Waals surface area contributed by atoms with Crippen LogP contribution in [0.3, 0.4) is 0 Å². The molecule has 0 aliphatic heterocycles. The molecule has 0 heterocycles. The Balaban J connectivity index is 2.30. The minimum Gasteiger partial charge on any atom is -0.507 e. The van der Waals surface area contributed by atoms with Gasteiger partial charge in [-0.05, 0) is 63.2 Å². The molecule has 1 amide bonds. The summed E-state index contributed by atoms with van der Waals surface area (Å²) in [6, 6.07) is 7.06. The number of esters is 1. The molecule has 0 radical (unpaired) electrons. The second kappa shape index (κ2) is 8.93. The molecular weight excluding hydrogens is 400 g/mol. The molecule has 0 aliphatic rings. The van der Waals surface area contributed by atoms with Crippen LogP contribution in [-0.2, 0) is 24.3 Å². The van der Waals surface area contributed by atoms with E-state index in [2.05, 4.69) is 14.8 Å². The second-order valence-electron chi connectivity index (χ2n) is 6.05. The maximum Gasteiger partial charge on any atom is 0.397 e. The van der Waals surface area contributed by atoms with Crippen molar-refractivity contribution >= 4 is 27.6 Å². The number of hydrogen-bond acceptors (Lipinski definition) is 7. The van der Waals surface area contributed by atoms with Gasteiger partial charge in [-0.1, -0.05) is 0 Å². The fraction of sp³-hybridized carbons (Fsp3) is 0.263. The molecule has 9 nitrogen and oxygen atoms in total. The molecule has 2 aromatic carbocycles. The Morgan fingerprint density at radius 2 is 1.72 bits per heavy atom. The lowest BCUT2D eigenvalue weighted by Gasteiger charge is -2.15. The Morgan fingerprint density at radius 3 is 2.28 bits per heavy atom. The monoisotopic (exact) mass is 422 g/mol. The summed E-state index contributed by atoms with van der Waals surface area (Å²) >= 11 is 0. The van der Waals surface area contributed by atoms with Crippen molar-refractivity contribution in [1.82, 2.24) is 4.72 Å². The van der Waals surface area contributed by atoms with E-state index in [1.807, 2.05) is 0 Å². The van der Waals surface area contributed by atoms with Crippen molar-refractivity contribution in [2.45, 2.75) is 25.7 Å². The molecule has 10 heteroatoms. The van der Waals surface area contributed by atoms with E-state index in [-0.39, 0.29) is 17.3 Å². The van der Waals surface area contributed by atoms with Crippen LogP contribution in [0.5, 0.6) is 17.2 Å². The number of aryl methyl sites for hydroxylation is 2.